The van der Waals surface area contributed by atoms with Crippen molar-refractivity contribution in [2.75, 3.05) is 25.5 Å². The molecule has 41 heavy (non-hydrogen) atoms. The van der Waals surface area contributed by atoms with E-state index in [4.69, 9.17) is 20.8 Å². The van der Waals surface area contributed by atoms with Crippen molar-refractivity contribution in [2.24, 2.45) is 0 Å². The number of furan rings is 1. The summed E-state index contributed by atoms with van der Waals surface area (Å²) in [6.07, 6.45) is -4.35. The molecule has 214 valence electrons. The third-order valence-corrected chi connectivity index (χ3v) is 6.37. The second-order valence-corrected chi connectivity index (χ2v) is 9.48. The van der Waals surface area contributed by atoms with Crippen LogP contribution in [0.4, 0.5) is 18.9 Å². The van der Waals surface area contributed by atoms with E-state index in [1.54, 1.807) is 31.4 Å². The van der Waals surface area contributed by atoms with E-state index in [9.17, 15) is 22.8 Å². The lowest BCUT2D eigenvalue weighted by Gasteiger charge is -2.18. The zero-order chi connectivity index (χ0) is 29.4. The molecule has 0 fully saturated rings. The number of anilines is 1. The Morgan fingerprint density at radius 1 is 0.951 bits per heavy atom. The number of methoxy groups -OCH3 is 1. The predicted octanol–water partition coefficient (Wildman–Crippen LogP) is 6.20. The Bertz CT molecular complexity index is 1470. The molecule has 1 unspecified atom stereocenters. The normalized spacial score (nSPS) is 11.9. The summed E-state index contributed by atoms with van der Waals surface area (Å²) in [6.45, 7) is 0.705. The van der Waals surface area contributed by atoms with Crippen molar-refractivity contribution in [3.8, 4) is 17.1 Å². The lowest BCUT2D eigenvalue weighted by Crippen LogP contribution is -2.48. The van der Waals surface area contributed by atoms with Crippen molar-refractivity contribution in [1.82, 2.24) is 10.6 Å². The summed E-state index contributed by atoms with van der Waals surface area (Å²) in [4.78, 5) is 26.1. The standard InChI is InChI=1S/C30H27ClF3N3O4/c1-40-24-11-9-23(10-12-24)35-15-16-36-28(38)25(17-19-5-7-22(31)8-6-19)37-29(39)27-14-13-26(41-27)20-3-2-4-21(18-20)30(32,33)34/h2-14,18,25,35H,15-17H2,1H3,(H,36,38)(H,37,39). The molecule has 7 nitrogen and oxygen atoms in total. The topological polar surface area (TPSA) is 92.6 Å². The molecule has 1 aromatic heterocycles. The fourth-order valence-electron chi connectivity index (χ4n) is 3.98. The third-order valence-electron chi connectivity index (χ3n) is 6.12. The number of amides is 2. The molecule has 4 aromatic rings. The van der Waals surface area contributed by atoms with Crippen LogP contribution in [0.25, 0.3) is 11.3 Å². The molecule has 0 aliphatic heterocycles. The van der Waals surface area contributed by atoms with E-state index < -0.39 is 29.6 Å². The first-order valence-corrected chi connectivity index (χ1v) is 13.0. The number of carbonyl (C=O) groups excluding carboxylic acids is 2. The van der Waals surface area contributed by atoms with Gasteiger partial charge in [-0.15, -0.1) is 0 Å². The van der Waals surface area contributed by atoms with Gasteiger partial charge in [0.1, 0.15) is 17.6 Å². The highest BCUT2D eigenvalue weighted by molar-refractivity contribution is 6.30. The van der Waals surface area contributed by atoms with Gasteiger partial charge in [-0.3, -0.25) is 9.59 Å². The minimum atomic E-state index is -4.52. The Morgan fingerprint density at radius 2 is 1.68 bits per heavy atom. The van der Waals surface area contributed by atoms with Gasteiger partial charge in [0, 0.05) is 35.8 Å². The van der Waals surface area contributed by atoms with Crippen molar-refractivity contribution in [2.45, 2.75) is 18.6 Å². The number of alkyl halides is 3. The van der Waals surface area contributed by atoms with Crippen LogP contribution in [0.5, 0.6) is 5.75 Å². The maximum Gasteiger partial charge on any atom is 0.416 e. The van der Waals surface area contributed by atoms with E-state index in [0.717, 1.165) is 29.1 Å². The van der Waals surface area contributed by atoms with Crippen molar-refractivity contribution < 1.29 is 31.9 Å². The third kappa shape index (κ3) is 8.28. The number of hydrogen-bond acceptors (Lipinski definition) is 5. The summed E-state index contributed by atoms with van der Waals surface area (Å²) in [7, 11) is 1.58. The molecule has 0 saturated carbocycles. The van der Waals surface area contributed by atoms with E-state index in [2.05, 4.69) is 16.0 Å². The second-order valence-electron chi connectivity index (χ2n) is 9.05. The van der Waals surface area contributed by atoms with Gasteiger partial charge in [0.05, 0.1) is 12.7 Å². The molecule has 0 aliphatic rings. The maximum atomic E-state index is 13.1. The van der Waals surface area contributed by atoms with Crippen LogP contribution < -0.4 is 20.7 Å². The van der Waals surface area contributed by atoms with Crippen LogP contribution in [0, 0.1) is 0 Å². The molecule has 1 heterocycles. The quantitative estimate of drug-likeness (QED) is 0.182. The van der Waals surface area contributed by atoms with Crippen LogP contribution in [0.2, 0.25) is 5.02 Å². The molecule has 3 N–H and O–H groups in total. The molecule has 0 spiro atoms. The lowest BCUT2D eigenvalue weighted by molar-refractivity contribution is -0.137. The SMILES string of the molecule is COc1ccc(NCCNC(=O)C(Cc2ccc(Cl)cc2)NC(=O)c2ccc(-c3cccc(C(F)(F)F)c3)o2)cc1. The minimum absolute atomic E-state index is 0.0876. The molecule has 11 heteroatoms. The van der Waals surface area contributed by atoms with Gasteiger partial charge in [-0.05, 0) is 66.2 Å². The Labute approximate surface area is 239 Å². The molecule has 0 aliphatic carbocycles. The minimum Gasteiger partial charge on any atom is -0.497 e. The van der Waals surface area contributed by atoms with Gasteiger partial charge in [-0.2, -0.15) is 13.2 Å². The van der Waals surface area contributed by atoms with E-state index in [0.29, 0.717) is 11.6 Å². The van der Waals surface area contributed by atoms with Crippen LogP contribution in [0.15, 0.2) is 89.3 Å². The van der Waals surface area contributed by atoms with E-state index in [-0.39, 0.29) is 30.0 Å². The van der Waals surface area contributed by atoms with Crippen LogP contribution in [-0.2, 0) is 17.4 Å². The second kappa shape index (κ2) is 13.3. The number of carbonyl (C=O) groups is 2. The summed E-state index contributed by atoms with van der Waals surface area (Å²) >= 11 is 5.98. The van der Waals surface area contributed by atoms with E-state index in [1.807, 2.05) is 24.3 Å². The summed E-state index contributed by atoms with van der Waals surface area (Å²) in [6, 6.07) is 20.6. The van der Waals surface area contributed by atoms with E-state index >= 15 is 0 Å². The zero-order valence-electron chi connectivity index (χ0n) is 21.9. The number of nitrogens with one attached hydrogen (secondary N) is 3. The monoisotopic (exact) mass is 585 g/mol. The van der Waals surface area contributed by atoms with E-state index in [1.165, 1.54) is 24.3 Å². The van der Waals surface area contributed by atoms with Crippen LogP contribution >= 0.6 is 11.6 Å². The Balaban J connectivity index is 1.42. The molecule has 0 radical (unpaired) electrons. The first-order chi connectivity index (χ1) is 19.6. The van der Waals surface area contributed by atoms with Crippen molar-refractivity contribution in [1.29, 1.82) is 0 Å². The van der Waals surface area contributed by atoms with Crippen molar-refractivity contribution >= 4 is 29.1 Å². The van der Waals surface area contributed by atoms with Gasteiger partial charge in [-0.25, -0.2) is 0 Å². The predicted molar refractivity (Wildman–Crippen MR) is 150 cm³/mol. The highest BCUT2D eigenvalue weighted by Crippen LogP contribution is 2.32. The van der Waals surface area contributed by atoms with Crippen LogP contribution in [-0.4, -0.2) is 38.1 Å². The Hall–Kier alpha value is -4.44. The van der Waals surface area contributed by atoms with Gasteiger partial charge in [-0.1, -0.05) is 35.9 Å². The summed E-state index contributed by atoms with van der Waals surface area (Å²) in [5, 5.41) is 9.20. The first kappa shape index (κ1) is 29.5. The molecule has 0 bridgehead atoms. The molecule has 0 saturated heterocycles. The highest BCUT2D eigenvalue weighted by Gasteiger charge is 2.31. The number of ether oxygens (including phenoxy) is 1. The number of rotatable bonds is 11. The maximum absolute atomic E-state index is 13.1. The average molecular weight is 586 g/mol. The zero-order valence-corrected chi connectivity index (χ0v) is 22.7. The largest absolute Gasteiger partial charge is 0.497 e. The fraction of sp³-hybridized carbons (Fsp3) is 0.200. The molecule has 1 atom stereocenters. The molecular weight excluding hydrogens is 559 g/mol. The summed E-state index contributed by atoms with van der Waals surface area (Å²) in [5.41, 5.74) is 0.938. The number of benzene rings is 3. The number of hydrogen-bond donors (Lipinski definition) is 3. The number of halogens is 4. The Morgan fingerprint density at radius 3 is 2.37 bits per heavy atom. The molecular formula is C30H27ClF3N3O4. The first-order valence-electron chi connectivity index (χ1n) is 12.6. The smallest absolute Gasteiger partial charge is 0.416 e. The summed E-state index contributed by atoms with van der Waals surface area (Å²) < 4.78 is 50.0. The van der Waals surface area contributed by atoms with Gasteiger partial charge >= 0.3 is 6.18 Å². The molecule has 4 rings (SSSR count). The van der Waals surface area contributed by atoms with Crippen molar-refractivity contribution in [3.05, 3.63) is 107 Å². The highest BCUT2D eigenvalue weighted by atomic mass is 35.5. The Kier molecular flexibility index (Phi) is 9.57. The molecule has 2 amide bonds. The van der Waals surface area contributed by atoms with Crippen LogP contribution in [0.3, 0.4) is 0 Å². The fourth-order valence-corrected chi connectivity index (χ4v) is 4.11. The average Bonchev–Trinajstić information content (AvgIpc) is 3.47. The summed E-state index contributed by atoms with van der Waals surface area (Å²) in [5.74, 6) is -0.441. The van der Waals surface area contributed by atoms with Gasteiger partial charge in [0.15, 0.2) is 5.76 Å². The van der Waals surface area contributed by atoms with Gasteiger partial charge < -0.3 is 25.1 Å². The lowest BCUT2D eigenvalue weighted by atomic mass is 10.0. The van der Waals surface area contributed by atoms with Crippen LogP contribution in [0.1, 0.15) is 21.7 Å². The molecule has 3 aromatic carbocycles. The van der Waals surface area contributed by atoms with Crippen molar-refractivity contribution in [3.63, 3.8) is 0 Å². The van der Waals surface area contributed by atoms with Gasteiger partial charge in [0.25, 0.3) is 5.91 Å². The van der Waals surface area contributed by atoms with Gasteiger partial charge in [0.2, 0.25) is 5.91 Å².